The van der Waals surface area contributed by atoms with Gasteiger partial charge in [-0.15, -0.1) is 0 Å². The molecule has 0 amide bonds. The Bertz CT molecular complexity index is 838. The summed E-state index contributed by atoms with van der Waals surface area (Å²) >= 11 is 0. The summed E-state index contributed by atoms with van der Waals surface area (Å²) in [7, 11) is 0. The van der Waals surface area contributed by atoms with Crippen molar-refractivity contribution in [3.63, 3.8) is 0 Å². The Morgan fingerprint density at radius 1 is 0.667 bits per heavy atom. The molecule has 0 radical (unpaired) electrons. The zero-order valence-electron chi connectivity index (χ0n) is 18.3. The summed E-state index contributed by atoms with van der Waals surface area (Å²) in [5.41, 5.74) is 12.8. The number of benzene rings is 3. The van der Waals surface area contributed by atoms with E-state index in [-0.39, 0.29) is 0 Å². The van der Waals surface area contributed by atoms with E-state index in [1.165, 1.54) is 39.9 Å². The van der Waals surface area contributed by atoms with Gasteiger partial charge >= 0.3 is 0 Å². The van der Waals surface area contributed by atoms with E-state index in [4.69, 9.17) is 11.5 Å². The Balaban J connectivity index is 1.73. The molecule has 0 saturated carbocycles. The van der Waals surface area contributed by atoms with Crippen LogP contribution in [0.25, 0.3) is 21.5 Å². The van der Waals surface area contributed by atoms with Crippen LogP contribution in [0.5, 0.6) is 0 Å². The van der Waals surface area contributed by atoms with E-state index in [2.05, 4.69) is 64.8 Å². The van der Waals surface area contributed by atoms with Crippen LogP contribution >= 0.6 is 0 Å². The van der Waals surface area contributed by atoms with Gasteiger partial charge in [0.1, 0.15) is 0 Å². The maximum Gasteiger partial charge on any atom is 0.0246 e. The second-order valence-corrected chi connectivity index (χ2v) is 8.17. The van der Waals surface area contributed by atoms with Crippen molar-refractivity contribution in [2.75, 3.05) is 39.3 Å². The van der Waals surface area contributed by atoms with Crippen molar-refractivity contribution in [3.05, 3.63) is 60.2 Å². The number of rotatable bonds is 14. The number of hydrogen-bond acceptors (Lipinski definition) is 4. The smallest absolute Gasteiger partial charge is 0.0246 e. The molecule has 0 bridgehead atoms. The zero-order valence-corrected chi connectivity index (χ0v) is 18.3. The van der Waals surface area contributed by atoms with Crippen molar-refractivity contribution in [1.82, 2.24) is 10.2 Å². The van der Waals surface area contributed by atoms with Gasteiger partial charge in [0, 0.05) is 6.54 Å². The Kier molecular flexibility index (Phi) is 9.58. The second-order valence-electron chi connectivity index (χ2n) is 8.17. The van der Waals surface area contributed by atoms with Crippen LogP contribution in [0.2, 0.25) is 0 Å². The molecule has 0 aromatic heterocycles. The average Bonchev–Trinajstić information content (AvgIpc) is 2.78. The molecule has 0 atom stereocenters. The maximum absolute atomic E-state index is 5.76. The minimum absolute atomic E-state index is 0.765. The van der Waals surface area contributed by atoms with Gasteiger partial charge in [-0.2, -0.15) is 0 Å². The lowest BCUT2D eigenvalue weighted by Gasteiger charge is -2.24. The first-order valence-electron chi connectivity index (χ1n) is 11.6. The van der Waals surface area contributed by atoms with E-state index in [1.54, 1.807) is 0 Å². The molecule has 3 aromatic rings. The molecular formula is C26H38N4. The van der Waals surface area contributed by atoms with E-state index in [9.17, 15) is 0 Å². The van der Waals surface area contributed by atoms with Gasteiger partial charge < -0.3 is 16.8 Å². The number of nitrogens with zero attached hydrogens (tertiary/aromatic N) is 1. The fourth-order valence-corrected chi connectivity index (χ4v) is 4.19. The monoisotopic (exact) mass is 406 g/mol. The summed E-state index contributed by atoms with van der Waals surface area (Å²) in [5, 5.41) is 8.91. The predicted octanol–water partition coefficient (Wildman–Crippen LogP) is 4.25. The van der Waals surface area contributed by atoms with E-state index in [1.807, 2.05) is 0 Å². The molecule has 162 valence electrons. The third kappa shape index (κ3) is 6.51. The van der Waals surface area contributed by atoms with Crippen molar-refractivity contribution >= 4 is 21.5 Å². The molecule has 4 nitrogen and oxygen atoms in total. The lowest BCUT2D eigenvalue weighted by Crippen LogP contribution is -2.27. The third-order valence-corrected chi connectivity index (χ3v) is 5.83. The summed E-state index contributed by atoms with van der Waals surface area (Å²) in [6.07, 6.45) is 5.72. The molecule has 30 heavy (non-hydrogen) atoms. The molecule has 3 aromatic carbocycles. The maximum atomic E-state index is 5.76. The van der Waals surface area contributed by atoms with Crippen LogP contribution in [0, 0.1) is 0 Å². The highest BCUT2D eigenvalue weighted by atomic mass is 15.1. The summed E-state index contributed by atoms with van der Waals surface area (Å²) in [4.78, 5) is 2.63. The van der Waals surface area contributed by atoms with Crippen molar-refractivity contribution < 1.29 is 0 Å². The lowest BCUT2D eigenvalue weighted by atomic mass is 9.96. The number of hydrogen-bond donors (Lipinski definition) is 3. The normalized spacial score (nSPS) is 11.7. The summed E-state index contributed by atoms with van der Waals surface area (Å²) in [6, 6.07) is 19.9. The number of nitrogens with one attached hydrogen (secondary N) is 1. The Hall–Kier alpha value is -1.98. The molecule has 0 aliphatic carbocycles. The van der Waals surface area contributed by atoms with Crippen LogP contribution in [0.15, 0.2) is 54.6 Å². The molecular weight excluding hydrogens is 368 g/mol. The largest absolute Gasteiger partial charge is 0.330 e. The summed E-state index contributed by atoms with van der Waals surface area (Å²) in [6.45, 7) is 6.87. The fraction of sp³-hybridized carbons (Fsp3) is 0.462. The van der Waals surface area contributed by atoms with E-state index in [0.29, 0.717) is 0 Å². The number of fused-ring (bicyclic) bond motifs is 2. The highest BCUT2D eigenvalue weighted by molar-refractivity contribution is 6.02. The summed E-state index contributed by atoms with van der Waals surface area (Å²) < 4.78 is 0. The molecule has 0 saturated heterocycles. The highest BCUT2D eigenvalue weighted by Crippen LogP contribution is 2.29. The van der Waals surface area contributed by atoms with Crippen LogP contribution in [0.3, 0.4) is 0 Å². The van der Waals surface area contributed by atoms with Gasteiger partial charge in [-0.1, -0.05) is 48.5 Å². The lowest BCUT2D eigenvalue weighted by molar-refractivity contribution is 0.256. The standard InChI is InChI=1S/C26H38N4/c27-14-5-7-18-30(19-8-6-16-29-17-9-15-28)21-26-24-12-3-1-10-22(24)20-23-11-2-4-13-25(23)26/h1-4,10-13,20,29H,5-9,14-19,21,27-28H2. The van der Waals surface area contributed by atoms with Crippen molar-refractivity contribution in [2.45, 2.75) is 38.6 Å². The van der Waals surface area contributed by atoms with E-state index < -0.39 is 0 Å². The van der Waals surface area contributed by atoms with Crippen LogP contribution in [0.4, 0.5) is 0 Å². The van der Waals surface area contributed by atoms with Gasteiger partial charge in [-0.3, -0.25) is 4.90 Å². The minimum Gasteiger partial charge on any atom is -0.330 e. The molecule has 0 fully saturated rings. The molecule has 0 aliphatic rings. The second kappa shape index (κ2) is 12.7. The molecule has 0 aliphatic heterocycles. The molecule has 0 spiro atoms. The van der Waals surface area contributed by atoms with Crippen LogP contribution in [0.1, 0.15) is 37.7 Å². The predicted molar refractivity (Wildman–Crippen MR) is 131 cm³/mol. The van der Waals surface area contributed by atoms with Crippen molar-refractivity contribution in [1.29, 1.82) is 0 Å². The van der Waals surface area contributed by atoms with Crippen molar-refractivity contribution in [3.8, 4) is 0 Å². The topological polar surface area (TPSA) is 67.3 Å². The minimum atomic E-state index is 0.765. The van der Waals surface area contributed by atoms with Gasteiger partial charge in [0.05, 0.1) is 0 Å². The van der Waals surface area contributed by atoms with E-state index >= 15 is 0 Å². The number of unbranched alkanes of at least 4 members (excludes halogenated alkanes) is 2. The molecule has 5 N–H and O–H groups in total. The van der Waals surface area contributed by atoms with Gasteiger partial charge in [-0.05, 0) is 105 Å². The van der Waals surface area contributed by atoms with Gasteiger partial charge in [0.25, 0.3) is 0 Å². The Morgan fingerprint density at radius 2 is 1.23 bits per heavy atom. The molecule has 3 rings (SSSR count). The van der Waals surface area contributed by atoms with Crippen LogP contribution in [-0.2, 0) is 6.54 Å². The zero-order chi connectivity index (χ0) is 21.0. The van der Waals surface area contributed by atoms with Gasteiger partial charge in [0.15, 0.2) is 0 Å². The Labute approximate surface area is 181 Å². The third-order valence-electron chi connectivity index (χ3n) is 5.83. The van der Waals surface area contributed by atoms with Crippen LogP contribution in [-0.4, -0.2) is 44.2 Å². The van der Waals surface area contributed by atoms with Crippen molar-refractivity contribution in [2.24, 2.45) is 11.5 Å². The number of nitrogens with two attached hydrogens (primary N) is 2. The average molecular weight is 407 g/mol. The summed E-state index contributed by atoms with van der Waals surface area (Å²) in [5.74, 6) is 0. The quantitative estimate of drug-likeness (QED) is 0.276. The first-order chi connectivity index (χ1) is 14.8. The SMILES string of the molecule is NCCCCN(CCCCNCCCN)Cc1c2ccccc2cc2ccccc12. The van der Waals surface area contributed by atoms with Gasteiger partial charge in [0.2, 0.25) is 0 Å². The first-order valence-corrected chi connectivity index (χ1v) is 11.6. The van der Waals surface area contributed by atoms with Crippen LogP contribution < -0.4 is 16.8 Å². The Morgan fingerprint density at radius 3 is 1.87 bits per heavy atom. The molecule has 4 heteroatoms. The fourth-order valence-electron chi connectivity index (χ4n) is 4.19. The van der Waals surface area contributed by atoms with Gasteiger partial charge in [-0.25, -0.2) is 0 Å². The highest BCUT2D eigenvalue weighted by Gasteiger charge is 2.12. The molecule has 0 unspecified atom stereocenters. The van der Waals surface area contributed by atoms with E-state index in [0.717, 1.165) is 65.1 Å². The first kappa shape index (κ1) is 22.7. The molecule has 0 heterocycles.